The molecule has 152 valence electrons. The van der Waals surface area contributed by atoms with Crippen molar-refractivity contribution in [2.24, 2.45) is 5.92 Å². The fourth-order valence-corrected chi connectivity index (χ4v) is 3.54. The Labute approximate surface area is 176 Å². The average molecular weight is 400 g/mol. The van der Waals surface area contributed by atoms with E-state index in [-0.39, 0.29) is 24.6 Å². The van der Waals surface area contributed by atoms with Gasteiger partial charge in [0.15, 0.2) is 11.6 Å². The zero-order valence-corrected chi connectivity index (χ0v) is 16.9. The van der Waals surface area contributed by atoms with Crippen molar-refractivity contribution < 1.29 is 19.1 Å². The van der Waals surface area contributed by atoms with Gasteiger partial charge in [0.25, 0.3) is 0 Å². The minimum Gasteiger partial charge on any atom is -0.465 e. The topological polar surface area (TPSA) is 60.4 Å². The van der Waals surface area contributed by atoms with Gasteiger partial charge in [0, 0.05) is 23.5 Å². The molecule has 3 rings (SSSR count). The number of ether oxygens (including phenoxy) is 1. The van der Waals surface area contributed by atoms with E-state index in [4.69, 9.17) is 4.74 Å². The normalized spacial score (nSPS) is 12.6. The van der Waals surface area contributed by atoms with Crippen molar-refractivity contribution in [3.63, 3.8) is 0 Å². The van der Waals surface area contributed by atoms with Gasteiger partial charge in [0.1, 0.15) is 5.92 Å². The smallest absolute Gasteiger partial charge is 0.317 e. The lowest BCUT2D eigenvalue weighted by molar-refractivity contribution is -0.146. The summed E-state index contributed by atoms with van der Waals surface area (Å²) in [6, 6.07) is 26.8. The van der Waals surface area contributed by atoms with E-state index in [1.54, 1.807) is 55.5 Å². The summed E-state index contributed by atoms with van der Waals surface area (Å²) in [5, 5.41) is 0. The molecule has 0 saturated carbocycles. The fourth-order valence-electron chi connectivity index (χ4n) is 3.54. The van der Waals surface area contributed by atoms with Crippen molar-refractivity contribution in [1.82, 2.24) is 0 Å². The molecule has 1 unspecified atom stereocenters. The highest BCUT2D eigenvalue weighted by Gasteiger charge is 2.38. The highest BCUT2D eigenvalue weighted by Crippen LogP contribution is 2.33. The maximum atomic E-state index is 13.4. The average Bonchev–Trinajstić information content (AvgIpc) is 2.80. The molecule has 0 amide bonds. The molecule has 3 aromatic carbocycles. The molecular formula is C26H24O4. The number of ketones is 2. The van der Waals surface area contributed by atoms with Crippen LogP contribution in [0.5, 0.6) is 0 Å². The summed E-state index contributed by atoms with van der Waals surface area (Å²) in [5.74, 6) is -2.82. The molecule has 0 aliphatic rings. The van der Waals surface area contributed by atoms with Crippen LogP contribution in [-0.4, -0.2) is 24.1 Å². The molecule has 4 nitrogen and oxygen atoms in total. The van der Waals surface area contributed by atoms with E-state index in [9.17, 15) is 14.4 Å². The molecule has 0 bridgehead atoms. The number of hydrogen-bond acceptors (Lipinski definition) is 4. The number of benzene rings is 3. The minimum atomic E-state index is -1.11. The first-order valence-electron chi connectivity index (χ1n) is 10.0. The fraction of sp³-hybridized carbons (Fsp3) is 0.192. The Balaban J connectivity index is 2.03. The second-order valence-electron chi connectivity index (χ2n) is 6.97. The minimum absolute atomic E-state index is 0.0239. The maximum Gasteiger partial charge on any atom is 0.317 e. The third-order valence-electron chi connectivity index (χ3n) is 5.01. The first-order chi connectivity index (χ1) is 14.6. The standard InChI is InChI=1S/C26H24O4/c1-2-30-26(29)24(25(28)21-16-10-5-11-17-21)22(19-12-6-3-7-13-19)18-23(27)20-14-8-4-9-15-20/h3-17,22,24H,2,18H2,1H3/t22?,24-/m1/s1. The van der Waals surface area contributed by atoms with Gasteiger partial charge in [-0.1, -0.05) is 91.0 Å². The monoisotopic (exact) mass is 400 g/mol. The van der Waals surface area contributed by atoms with Crippen molar-refractivity contribution in [2.45, 2.75) is 19.3 Å². The number of rotatable bonds is 9. The summed E-state index contributed by atoms with van der Waals surface area (Å²) in [4.78, 5) is 39.3. The Morgan fingerprint density at radius 1 is 0.733 bits per heavy atom. The molecule has 0 saturated heterocycles. The van der Waals surface area contributed by atoms with Crippen molar-refractivity contribution in [3.05, 3.63) is 108 Å². The van der Waals surface area contributed by atoms with Crippen LogP contribution in [0, 0.1) is 5.92 Å². The molecule has 0 aliphatic carbocycles. The van der Waals surface area contributed by atoms with Crippen LogP contribution >= 0.6 is 0 Å². The van der Waals surface area contributed by atoms with E-state index < -0.39 is 17.8 Å². The quantitative estimate of drug-likeness (QED) is 0.285. The van der Waals surface area contributed by atoms with Gasteiger partial charge >= 0.3 is 5.97 Å². The lowest BCUT2D eigenvalue weighted by Gasteiger charge is -2.25. The Bertz CT molecular complexity index is 981. The Morgan fingerprint density at radius 2 is 1.23 bits per heavy atom. The van der Waals surface area contributed by atoms with Crippen LogP contribution in [0.3, 0.4) is 0 Å². The predicted molar refractivity (Wildman–Crippen MR) is 115 cm³/mol. The van der Waals surface area contributed by atoms with Gasteiger partial charge in [-0.25, -0.2) is 0 Å². The molecule has 0 fully saturated rings. The first-order valence-corrected chi connectivity index (χ1v) is 10.0. The van der Waals surface area contributed by atoms with E-state index >= 15 is 0 Å². The number of Topliss-reactive ketones (excluding diaryl/α,β-unsaturated/α-hetero) is 2. The van der Waals surface area contributed by atoms with Crippen LogP contribution in [-0.2, 0) is 9.53 Å². The lowest BCUT2D eigenvalue weighted by atomic mass is 9.77. The van der Waals surface area contributed by atoms with Crippen molar-refractivity contribution in [1.29, 1.82) is 0 Å². The molecule has 2 atom stereocenters. The highest BCUT2D eigenvalue weighted by atomic mass is 16.5. The number of esters is 1. The SMILES string of the molecule is CCOC(=O)[C@@H](C(=O)c1ccccc1)C(CC(=O)c1ccccc1)c1ccccc1. The van der Waals surface area contributed by atoms with Crippen LogP contribution in [0.2, 0.25) is 0 Å². The van der Waals surface area contributed by atoms with Gasteiger partial charge in [0.2, 0.25) is 0 Å². The number of carbonyl (C=O) groups excluding carboxylic acids is 3. The number of hydrogen-bond donors (Lipinski definition) is 0. The molecule has 4 heteroatoms. The van der Waals surface area contributed by atoms with Crippen LogP contribution in [0.4, 0.5) is 0 Å². The van der Waals surface area contributed by atoms with Crippen molar-refractivity contribution in [3.8, 4) is 0 Å². The summed E-state index contributed by atoms with van der Waals surface area (Å²) < 4.78 is 5.27. The van der Waals surface area contributed by atoms with E-state index in [1.165, 1.54) is 0 Å². The molecule has 0 N–H and O–H groups in total. The van der Waals surface area contributed by atoms with Crippen molar-refractivity contribution in [2.75, 3.05) is 6.61 Å². The van der Waals surface area contributed by atoms with Crippen LogP contribution < -0.4 is 0 Å². The van der Waals surface area contributed by atoms with Gasteiger partial charge in [-0.15, -0.1) is 0 Å². The molecule has 30 heavy (non-hydrogen) atoms. The van der Waals surface area contributed by atoms with Gasteiger partial charge in [-0.3, -0.25) is 14.4 Å². The van der Waals surface area contributed by atoms with Crippen LogP contribution in [0.1, 0.15) is 45.5 Å². The zero-order chi connectivity index (χ0) is 21.3. The number of carbonyl (C=O) groups is 3. The van der Waals surface area contributed by atoms with Crippen LogP contribution in [0.25, 0.3) is 0 Å². The molecule has 0 radical (unpaired) electrons. The summed E-state index contributed by atoms with van der Waals surface area (Å²) >= 11 is 0. The Kier molecular flexibility index (Phi) is 7.28. The van der Waals surface area contributed by atoms with E-state index in [1.807, 2.05) is 42.5 Å². The third kappa shape index (κ3) is 5.09. The van der Waals surface area contributed by atoms with E-state index in [0.29, 0.717) is 11.1 Å². The molecule has 0 spiro atoms. The van der Waals surface area contributed by atoms with Gasteiger partial charge in [-0.05, 0) is 12.5 Å². The molecule has 0 aliphatic heterocycles. The second kappa shape index (κ2) is 10.3. The predicted octanol–water partition coefficient (Wildman–Crippen LogP) is 5.11. The highest BCUT2D eigenvalue weighted by molar-refractivity contribution is 6.10. The molecule has 0 aromatic heterocycles. The van der Waals surface area contributed by atoms with E-state index in [0.717, 1.165) is 5.56 Å². The van der Waals surface area contributed by atoms with Gasteiger partial charge < -0.3 is 4.74 Å². The molecular weight excluding hydrogens is 376 g/mol. The lowest BCUT2D eigenvalue weighted by Crippen LogP contribution is -2.33. The summed E-state index contributed by atoms with van der Waals surface area (Å²) in [7, 11) is 0. The summed E-state index contributed by atoms with van der Waals surface area (Å²) in [5.41, 5.74) is 1.72. The Hall–Kier alpha value is -3.53. The molecule has 0 heterocycles. The van der Waals surface area contributed by atoms with Gasteiger partial charge in [-0.2, -0.15) is 0 Å². The summed E-state index contributed by atoms with van der Waals surface area (Å²) in [6.45, 7) is 1.86. The van der Waals surface area contributed by atoms with Gasteiger partial charge in [0.05, 0.1) is 6.61 Å². The van der Waals surface area contributed by atoms with Crippen LogP contribution in [0.15, 0.2) is 91.0 Å². The van der Waals surface area contributed by atoms with Crippen molar-refractivity contribution >= 4 is 17.5 Å². The summed E-state index contributed by atoms with van der Waals surface area (Å²) in [6.07, 6.45) is 0.0239. The Morgan fingerprint density at radius 3 is 1.77 bits per heavy atom. The van der Waals surface area contributed by atoms with E-state index in [2.05, 4.69) is 0 Å². The first kappa shape index (κ1) is 21.2. The third-order valence-corrected chi connectivity index (χ3v) is 5.01. The second-order valence-corrected chi connectivity index (χ2v) is 6.97. The molecule has 3 aromatic rings. The maximum absolute atomic E-state index is 13.4. The zero-order valence-electron chi connectivity index (χ0n) is 16.9. The largest absolute Gasteiger partial charge is 0.465 e.